The number of hydrogen-bond acceptors (Lipinski definition) is 4. The largest absolute Gasteiger partial charge is 0.508 e. The molecule has 0 aliphatic carbocycles. The highest BCUT2D eigenvalue weighted by atomic mass is 35.5. The highest BCUT2D eigenvalue weighted by Gasteiger charge is 2.22. The number of phenolic OH excluding ortho intramolecular Hbond substituents is 2. The number of rotatable bonds is 3. The van der Waals surface area contributed by atoms with Gasteiger partial charge < -0.3 is 15.5 Å². The van der Waals surface area contributed by atoms with Gasteiger partial charge in [-0.1, -0.05) is 0 Å². The summed E-state index contributed by atoms with van der Waals surface area (Å²) in [6.07, 6.45) is 0. The Morgan fingerprint density at radius 3 is 2.11 bits per heavy atom. The van der Waals surface area contributed by atoms with Crippen LogP contribution >= 0.6 is 24.8 Å². The summed E-state index contributed by atoms with van der Waals surface area (Å²) in [5, 5.41) is 22.1. The van der Waals surface area contributed by atoms with Crippen LogP contribution in [-0.2, 0) is 0 Å². The molecule has 1 aromatic rings. The van der Waals surface area contributed by atoms with Crippen molar-refractivity contribution in [1.82, 2.24) is 10.2 Å². The van der Waals surface area contributed by atoms with Crippen LogP contribution in [0.4, 0.5) is 4.39 Å². The SMILES string of the molecule is Cl.Cl.Oc1cc(O)cc([C@H](CF)N2CCNCC2)c1. The van der Waals surface area contributed by atoms with Gasteiger partial charge in [0.1, 0.15) is 18.2 Å². The van der Waals surface area contributed by atoms with Crippen molar-refractivity contribution < 1.29 is 14.6 Å². The zero-order valence-corrected chi connectivity index (χ0v) is 12.0. The third-order valence-electron chi connectivity index (χ3n) is 3.05. The second kappa shape index (κ2) is 8.43. The predicted octanol–water partition coefficient (Wildman–Crippen LogP) is 1.86. The van der Waals surface area contributed by atoms with Crippen molar-refractivity contribution in [2.24, 2.45) is 0 Å². The minimum absolute atomic E-state index is 0. The number of benzene rings is 1. The van der Waals surface area contributed by atoms with E-state index in [4.69, 9.17) is 0 Å². The van der Waals surface area contributed by atoms with Crippen LogP contribution in [0.15, 0.2) is 18.2 Å². The topological polar surface area (TPSA) is 55.7 Å². The standard InChI is InChI=1S/C12H17FN2O2.2ClH/c13-8-12(15-3-1-14-2-4-15)9-5-10(16)7-11(17)6-9;;/h5-7,12,14,16-17H,1-4,8H2;2*1H/t12-;;/m0../s1. The number of piperazine rings is 1. The summed E-state index contributed by atoms with van der Waals surface area (Å²) < 4.78 is 13.2. The highest BCUT2D eigenvalue weighted by Crippen LogP contribution is 2.28. The van der Waals surface area contributed by atoms with Crippen molar-refractivity contribution in [3.05, 3.63) is 23.8 Å². The lowest BCUT2D eigenvalue weighted by molar-refractivity contribution is 0.147. The quantitative estimate of drug-likeness (QED) is 0.797. The first-order valence-electron chi connectivity index (χ1n) is 5.74. The maximum Gasteiger partial charge on any atom is 0.119 e. The Morgan fingerprint density at radius 1 is 1.11 bits per heavy atom. The maximum atomic E-state index is 13.2. The maximum absolute atomic E-state index is 13.2. The number of alkyl halides is 1. The van der Waals surface area contributed by atoms with Gasteiger partial charge in [0, 0.05) is 32.2 Å². The van der Waals surface area contributed by atoms with Crippen LogP contribution in [-0.4, -0.2) is 48.0 Å². The predicted molar refractivity (Wildman–Crippen MR) is 77.4 cm³/mol. The van der Waals surface area contributed by atoms with Gasteiger partial charge in [-0.05, 0) is 17.7 Å². The highest BCUT2D eigenvalue weighted by molar-refractivity contribution is 5.85. The van der Waals surface area contributed by atoms with Crippen LogP contribution in [0.1, 0.15) is 11.6 Å². The van der Waals surface area contributed by atoms with Gasteiger partial charge in [-0.2, -0.15) is 0 Å². The third kappa shape index (κ3) is 4.69. The molecule has 1 saturated heterocycles. The molecule has 1 aliphatic heterocycles. The molecule has 0 amide bonds. The van der Waals surface area contributed by atoms with E-state index in [0.29, 0.717) is 5.56 Å². The Labute approximate surface area is 124 Å². The molecule has 4 nitrogen and oxygen atoms in total. The van der Waals surface area contributed by atoms with E-state index in [1.54, 1.807) is 0 Å². The summed E-state index contributed by atoms with van der Waals surface area (Å²) in [6.45, 7) is 2.68. The molecule has 19 heavy (non-hydrogen) atoms. The summed E-state index contributed by atoms with van der Waals surface area (Å²) in [7, 11) is 0. The van der Waals surface area contributed by atoms with E-state index in [1.165, 1.54) is 18.2 Å². The van der Waals surface area contributed by atoms with E-state index in [9.17, 15) is 14.6 Å². The van der Waals surface area contributed by atoms with Gasteiger partial charge in [-0.3, -0.25) is 4.90 Å². The van der Waals surface area contributed by atoms with Gasteiger partial charge >= 0.3 is 0 Å². The summed E-state index contributed by atoms with van der Waals surface area (Å²) in [5.74, 6) is -0.0674. The second-order valence-electron chi connectivity index (χ2n) is 4.24. The van der Waals surface area contributed by atoms with Crippen molar-refractivity contribution in [2.75, 3.05) is 32.9 Å². The van der Waals surface area contributed by atoms with Crippen molar-refractivity contribution in [1.29, 1.82) is 0 Å². The fraction of sp³-hybridized carbons (Fsp3) is 0.500. The Balaban J connectivity index is 0.00000162. The summed E-state index contributed by atoms with van der Waals surface area (Å²) in [4.78, 5) is 2.02. The normalized spacial score (nSPS) is 17.1. The van der Waals surface area contributed by atoms with E-state index < -0.39 is 12.7 Å². The molecule has 0 spiro atoms. The molecule has 7 heteroatoms. The minimum Gasteiger partial charge on any atom is -0.508 e. The number of nitrogens with one attached hydrogen (secondary N) is 1. The average Bonchev–Trinajstić information content (AvgIpc) is 2.30. The van der Waals surface area contributed by atoms with E-state index in [-0.39, 0.29) is 36.3 Å². The lowest BCUT2D eigenvalue weighted by Gasteiger charge is -2.33. The fourth-order valence-corrected chi connectivity index (χ4v) is 2.20. The number of phenols is 2. The molecule has 1 aromatic carbocycles. The van der Waals surface area contributed by atoms with Crippen molar-refractivity contribution in [3.63, 3.8) is 0 Å². The van der Waals surface area contributed by atoms with Gasteiger partial charge in [0.15, 0.2) is 0 Å². The Morgan fingerprint density at radius 2 is 1.63 bits per heavy atom. The monoisotopic (exact) mass is 312 g/mol. The number of aromatic hydroxyl groups is 2. The molecule has 0 radical (unpaired) electrons. The molecule has 1 heterocycles. The molecule has 1 aliphatic rings. The zero-order valence-electron chi connectivity index (χ0n) is 10.4. The van der Waals surface area contributed by atoms with Gasteiger partial charge in [0.25, 0.3) is 0 Å². The van der Waals surface area contributed by atoms with Gasteiger partial charge in [-0.25, -0.2) is 4.39 Å². The van der Waals surface area contributed by atoms with Crippen LogP contribution in [0.2, 0.25) is 0 Å². The van der Waals surface area contributed by atoms with Crippen molar-refractivity contribution >= 4 is 24.8 Å². The van der Waals surface area contributed by atoms with Gasteiger partial charge in [0.05, 0.1) is 6.04 Å². The van der Waals surface area contributed by atoms with Crippen LogP contribution in [0.5, 0.6) is 11.5 Å². The Kier molecular flexibility index (Phi) is 8.09. The summed E-state index contributed by atoms with van der Waals surface area (Å²) in [6, 6.07) is 3.87. The summed E-state index contributed by atoms with van der Waals surface area (Å²) >= 11 is 0. The van der Waals surface area contributed by atoms with Crippen LogP contribution in [0.25, 0.3) is 0 Å². The van der Waals surface area contributed by atoms with Crippen LogP contribution in [0, 0.1) is 0 Å². The molecule has 3 N–H and O–H groups in total. The fourth-order valence-electron chi connectivity index (χ4n) is 2.20. The molecule has 2 rings (SSSR count). The van der Waals surface area contributed by atoms with Crippen molar-refractivity contribution in [2.45, 2.75) is 6.04 Å². The molecule has 1 fully saturated rings. The molecule has 0 unspecified atom stereocenters. The van der Waals surface area contributed by atoms with E-state index in [1.807, 2.05) is 4.90 Å². The molecule has 0 bridgehead atoms. The molecule has 110 valence electrons. The zero-order chi connectivity index (χ0) is 12.3. The third-order valence-corrected chi connectivity index (χ3v) is 3.05. The molecular weight excluding hydrogens is 294 g/mol. The van der Waals surface area contributed by atoms with Crippen molar-refractivity contribution in [3.8, 4) is 11.5 Å². The average molecular weight is 313 g/mol. The van der Waals surface area contributed by atoms with Gasteiger partial charge in [0.2, 0.25) is 0 Å². The van der Waals surface area contributed by atoms with Crippen LogP contribution in [0.3, 0.4) is 0 Å². The van der Waals surface area contributed by atoms with Crippen LogP contribution < -0.4 is 5.32 Å². The molecule has 0 aromatic heterocycles. The minimum atomic E-state index is -0.525. The van der Waals surface area contributed by atoms with E-state index in [0.717, 1.165) is 26.2 Å². The Hall–Kier alpha value is -0.750. The number of nitrogens with zero attached hydrogens (tertiary/aromatic N) is 1. The first-order chi connectivity index (χ1) is 8.20. The summed E-state index contributed by atoms with van der Waals surface area (Å²) in [5.41, 5.74) is 0.618. The first-order valence-corrected chi connectivity index (χ1v) is 5.74. The lowest BCUT2D eigenvalue weighted by Crippen LogP contribution is -2.45. The number of halogens is 3. The lowest BCUT2D eigenvalue weighted by atomic mass is 10.0. The second-order valence-corrected chi connectivity index (χ2v) is 4.24. The van der Waals surface area contributed by atoms with E-state index >= 15 is 0 Å². The Bertz CT molecular complexity index is 370. The van der Waals surface area contributed by atoms with E-state index in [2.05, 4.69) is 5.32 Å². The first kappa shape index (κ1) is 18.2. The molecule has 1 atom stereocenters. The molecule has 0 saturated carbocycles. The smallest absolute Gasteiger partial charge is 0.119 e. The number of hydrogen-bond donors (Lipinski definition) is 3. The molecular formula is C12H19Cl2FN2O2. The van der Waals surface area contributed by atoms with Gasteiger partial charge in [-0.15, -0.1) is 24.8 Å².